The lowest BCUT2D eigenvalue weighted by molar-refractivity contribution is 0.0203. The zero-order valence-corrected chi connectivity index (χ0v) is 7.44. The third kappa shape index (κ3) is 2.16. The highest BCUT2D eigenvalue weighted by molar-refractivity contribution is 4.97. The van der Waals surface area contributed by atoms with Gasteiger partial charge in [0.1, 0.15) is 5.67 Å². The standard InChI is InChI=1S/C9H18FN/c1-3-7(2)4-9(10)5-8(11)6-9/h7-8H,3-6,11H2,1-2H3. The highest BCUT2D eigenvalue weighted by atomic mass is 19.1. The van der Waals surface area contributed by atoms with Crippen LogP contribution < -0.4 is 5.73 Å². The summed E-state index contributed by atoms with van der Waals surface area (Å²) < 4.78 is 13.5. The zero-order chi connectivity index (χ0) is 8.48. The van der Waals surface area contributed by atoms with E-state index in [0.717, 1.165) is 6.42 Å². The van der Waals surface area contributed by atoms with Crippen LogP contribution in [0.3, 0.4) is 0 Å². The van der Waals surface area contributed by atoms with Gasteiger partial charge < -0.3 is 5.73 Å². The second kappa shape index (κ2) is 3.10. The lowest BCUT2D eigenvalue weighted by Crippen LogP contribution is -2.49. The topological polar surface area (TPSA) is 26.0 Å². The zero-order valence-electron chi connectivity index (χ0n) is 7.44. The van der Waals surface area contributed by atoms with Gasteiger partial charge in [-0.05, 0) is 25.2 Å². The first kappa shape index (κ1) is 8.98. The van der Waals surface area contributed by atoms with Gasteiger partial charge in [-0.25, -0.2) is 4.39 Å². The van der Waals surface area contributed by atoms with Crippen molar-refractivity contribution < 1.29 is 4.39 Å². The van der Waals surface area contributed by atoms with E-state index in [2.05, 4.69) is 13.8 Å². The maximum atomic E-state index is 13.5. The molecule has 2 N–H and O–H groups in total. The summed E-state index contributed by atoms with van der Waals surface area (Å²) in [6, 6.07) is 0.129. The van der Waals surface area contributed by atoms with E-state index < -0.39 is 5.67 Å². The second-order valence-corrected chi connectivity index (χ2v) is 4.04. The fourth-order valence-electron chi connectivity index (χ4n) is 1.82. The van der Waals surface area contributed by atoms with Gasteiger partial charge in [-0.3, -0.25) is 0 Å². The molecule has 1 aliphatic rings. The molecule has 1 nitrogen and oxygen atoms in total. The van der Waals surface area contributed by atoms with E-state index in [4.69, 9.17) is 5.73 Å². The van der Waals surface area contributed by atoms with E-state index >= 15 is 0 Å². The van der Waals surface area contributed by atoms with E-state index in [1.807, 2.05) is 0 Å². The Bertz CT molecular complexity index is 130. The predicted octanol–water partition coefficient (Wildman–Crippen LogP) is 2.25. The van der Waals surface area contributed by atoms with Gasteiger partial charge in [-0.15, -0.1) is 0 Å². The molecule has 0 aromatic rings. The number of hydrogen-bond donors (Lipinski definition) is 1. The van der Waals surface area contributed by atoms with Crippen molar-refractivity contribution in [1.29, 1.82) is 0 Å². The second-order valence-electron chi connectivity index (χ2n) is 4.04. The molecule has 0 aliphatic heterocycles. The summed E-state index contributed by atoms with van der Waals surface area (Å²) >= 11 is 0. The number of alkyl halides is 1. The van der Waals surface area contributed by atoms with E-state index in [0.29, 0.717) is 25.2 Å². The summed E-state index contributed by atoms with van der Waals surface area (Å²) in [5, 5.41) is 0. The Labute approximate surface area is 68.2 Å². The van der Waals surface area contributed by atoms with Crippen LogP contribution in [-0.4, -0.2) is 11.7 Å². The Balaban J connectivity index is 2.26. The molecule has 1 fully saturated rings. The number of rotatable bonds is 3. The van der Waals surface area contributed by atoms with Crippen molar-refractivity contribution in [3.05, 3.63) is 0 Å². The minimum absolute atomic E-state index is 0.129. The summed E-state index contributed by atoms with van der Waals surface area (Å²) in [7, 11) is 0. The first-order valence-corrected chi connectivity index (χ1v) is 4.50. The molecule has 0 bridgehead atoms. The average molecular weight is 159 g/mol. The third-order valence-electron chi connectivity index (χ3n) is 2.67. The van der Waals surface area contributed by atoms with E-state index in [-0.39, 0.29) is 6.04 Å². The molecule has 11 heavy (non-hydrogen) atoms. The molecule has 0 amide bonds. The van der Waals surface area contributed by atoms with E-state index in [1.165, 1.54) is 0 Å². The van der Waals surface area contributed by atoms with E-state index in [9.17, 15) is 4.39 Å². The van der Waals surface area contributed by atoms with Crippen LogP contribution >= 0.6 is 0 Å². The number of hydrogen-bond acceptors (Lipinski definition) is 1. The SMILES string of the molecule is CCC(C)CC1(F)CC(N)C1. The summed E-state index contributed by atoms with van der Waals surface area (Å²) in [6.07, 6.45) is 2.94. The first-order valence-electron chi connectivity index (χ1n) is 4.50. The van der Waals surface area contributed by atoms with Crippen LogP contribution in [0.1, 0.15) is 39.5 Å². The Morgan fingerprint density at radius 3 is 2.55 bits per heavy atom. The summed E-state index contributed by atoms with van der Waals surface area (Å²) in [5.41, 5.74) is 4.62. The van der Waals surface area contributed by atoms with Gasteiger partial charge >= 0.3 is 0 Å². The molecule has 1 unspecified atom stereocenters. The molecule has 1 saturated carbocycles. The smallest absolute Gasteiger partial charge is 0.114 e. The maximum Gasteiger partial charge on any atom is 0.114 e. The molecular weight excluding hydrogens is 141 g/mol. The van der Waals surface area contributed by atoms with E-state index in [1.54, 1.807) is 0 Å². The molecule has 66 valence electrons. The Morgan fingerprint density at radius 1 is 1.64 bits per heavy atom. The van der Waals surface area contributed by atoms with Crippen LogP contribution in [0.2, 0.25) is 0 Å². The summed E-state index contributed by atoms with van der Waals surface area (Å²) in [5.74, 6) is 0.507. The van der Waals surface area contributed by atoms with Gasteiger partial charge in [-0.2, -0.15) is 0 Å². The van der Waals surface area contributed by atoms with Gasteiger partial charge in [-0.1, -0.05) is 20.3 Å². The third-order valence-corrected chi connectivity index (χ3v) is 2.67. The van der Waals surface area contributed by atoms with Crippen molar-refractivity contribution in [2.45, 2.75) is 51.2 Å². The molecule has 0 spiro atoms. The quantitative estimate of drug-likeness (QED) is 0.671. The molecule has 0 heterocycles. The van der Waals surface area contributed by atoms with Crippen LogP contribution in [0.25, 0.3) is 0 Å². The lowest BCUT2D eigenvalue weighted by atomic mass is 9.73. The van der Waals surface area contributed by atoms with Crippen molar-refractivity contribution in [3.8, 4) is 0 Å². The Kier molecular flexibility index (Phi) is 2.53. The Morgan fingerprint density at radius 2 is 2.18 bits per heavy atom. The molecular formula is C9H18FN. The minimum Gasteiger partial charge on any atom is -0.327 e. The predicted molar refractivity (Wildman–Crippen MR) is 45.1 cm³/mol. The van der Waals surface area contributed by atoms with Crippen molar-refractivity contribution in [1.82, 2.24) is 0 Å². The van der Waals surface area contributed by atoms with Crippen LogP contribution in [0.5, 0.6) is 0 Å². The van der Waals surface area contributed by atoms with Crippen LogP contribution in [0, 0.1) is 5.92 Å². The highest BCUT2D eigenvalue weighted by Crippen LogP contribution is 2.40. The van der Waals surface area contributed by atoms with Crippen molar-refractivity contribution in [2.24, 2.45) is 11.7 Å². The molecule has 1 rings (SSSR count). The molecule has 0 aromatic heterocycles. The first-order chi connectivity index (χ1) is 5.06. The largest absolute Gasteiger partial charge is 0.327 e. The van der Waals surface area contributed by atoms with Crippen molar-refractivity contribution in [2.75, 3.05) is 0 Å². The number of halogens is 1. The molecule has 0 aromatic carbocycles. The van der Waals surface area contributed by atoms with Crippen molar-refractivity contribution >= 4 is 0 Å². The molecule has 1 aliphatic carbocycles. The maximum absolute atomic E-state index is 13.5. The average Bonchev–Trinajstić information content (AvgIpc) is 1.84. The Hall–Kier alpha value is -0.110. The van der Waals surface area contributed by atoms with Crippen LogP contribution in [0.15, 0.2) is 0 Å². The molecule has 1 atom stereocenters. The highest BCUT2D eigenvalue weighted by Gasteiger charge is 2.43. The fraction of sp³-hybridized carbons (Fsp3) is 1.00. The molecule has 2 heteroatoms. The van der Waals surface area contributed by atoms with Gasteiger partial charge in [0, 0.05) is 6.04 Å². The molecule has 0 radical (unpaired) electrons. The van der Waals surface area contributed by atoms with Gasteiger partial charge in [0.15, 0.2) is 0 Å². The van der Waals surface area contributed by atoms with Crippen molar-refractivity contribution in [3.63, 3.8) is 0 Å². The minimum atomic E-state index is -0.908. The summed E-state index contributed by atoms with van der Waals surface area (Å²) in [4.78, 5) is 0. The van der Waals surface area contributed by atoms with Gasteiger partial charge in [0.25, 0.3) is 0 Å². The van der Waals surface area contributed by atoms with Gasteiger partial charge in [0.05, 0.1) is 0 Å². The summed E-state index contributed by atoms with van der Waals surface area (Å²) in [6.45, 7) is 4.21. The monoisotopic (exact) mass is 159 g/mol. The number of nitrogens with two attached hydrogens (primary N) is 1. The normalized spacial score (nSPS) is 39.8. The van der Waals surface area contributed by atoms with Gasteiger partial charge in [0.2, 0.25) is 0 Å². The fourth-order valence-corrected chi connectivity index (χ4v) is 1.82. The molecule has 0 saturated heterocycles. The van der Waals surface area contributed by atoms with Crippen LogP contribution in [-0.2, 0) is 0 Å². The lowest BCUT2D eigenvalue weighted by Gasteiger charge is -2.40. The van der Waals surface area contributed by atoms with Crippen LogP contribution in [0.4, 0.5) is 4.39 Å².